The van der Waals surface area contributed by atoms with Gasteiger partial charge < -0.3 is 4.74 Å². The Morgan fingerprint density at radius 3 is 2.58 bits per heavy atom. The summed E-state index contributed by atoms with van der Waals surface area (Å²) in [5, 5.41) is 10.7. The van der Waals surface area contributed by atoms with Gasteiger partial charge in [0.2, 0.25) is 0 Å². The van der Waals surface area contributed by atoms with Gasteiger partial charge in [-0.1, -0.05) is 23.7 Å². The molecule has 2 aliphatic heterocycles. The number of hydrogen-bond donors (Lipinski definition) is 0. The van der Waals surface area contributed by atoms with E-state index in [1.54, 1.807) is 13.0 Å². The van der Waals surface area contributed by atoms with Crippen molar-refractivity contribution in [2.24, 2.45) is 10.9 Å². The average molecular weight is 532 g/mol. The van der Waals surface area contributed by atoms with Crippen LogP contribution in [0.1, 0.15) is 49.4 Å². The molecule has 1 saturated heterocycles. The molecule has 1 unspecified atom stereocenters. The zero-order valence-corrected chi connectivity index (χ0v) is 22.0. The Hall–Kier alpha value is -2.47. The van der Waals surface area contributed by atoms with Crippen LogP contribution in [0.2, 0.25) is 5.02 Å². The fourth-order valence-corrected chi connectivity index (χ4v) is 6.42. The van der Waals surface area contributed by atoms with E-state index >= 15 is 4.39 Å². The Balaban J connectivity index is 1.61. The van der Waals surface area contributed by atoms with Crippen molar-refractivity contribution in [1.29, 1.82) is 5.26 Å². The lowest BCUT2D eigenvalue weighted by atomic mass is 9.72. The highest BCUT2D eigenvalue weighted by Crippen LogP contribution is 2.46. The first-order chi connectivity index (χ1) is 17.1. The van der Waals surface area contributed by atoms with Gasteiger partial charge >= 0.3 is 5.97 Å². The van der Waals surface area contributed by atoms with Gasteiger partial charge in [0.15, 0.2) is 6.04 Å². The molecule has 1 fully saturated rings. The molecule has 3 atom stereocenters. The summed E-state index contributed by atoms with van der Waals surface area (Å²) in [6, 6.07) is 12.8. The van der Waals surface area contributed by atoms with Crippen molar-refractivity contribution < 1.29 is 18.3 Å². The molecule has 2 aliphatic rings. The molecule has 2 aromatic rings. The van der Waals surface area contributed by atoms with E-state index in [-0.39, 0.29) is 23.5 Å². The second kappa shape index (κ2) is 10.9. The summed E-state index contributed by atoms with van der Waals surface area (Å²) in [7, 11) is 0. The summed E-state index contributed by atoms with van der Waals surface area (Å²) in [5.41, 5.74) is 0.0156. The highest BCUT2D eigenvalue weighted by atomic mass is 35.5. The average Bonchev–Trinajstić information content (AvgIpc) is 3.27. The number of nitrogens with zero attached hydrogens (tertiary/aromatic N) is 3. The van der Waals surface area contributed by atoms with E-state index in [1.165, 1.54) is 31.7 Å². The van der Waals surface area contributed by atoms with Crippen LogP contribution in [0.15, 0.2) is 47.5 Å². The first kappa shape index (κ1) is 26.6. The Morgan fingerprint density at radius 2 is 1.97 bits per heavy atom. The number of esters is 1. The Labute approximate surface area is 219 Å². The van der Waals surface area contributed by atoms with Gasteiger partial charge in [-0.05, 0) is 68.1 Å². The van der Waals surface area contributed by atoms with E-state index in [1.807, 2.05) is 30.3 Å². The number of ether oxygens (including phenoxy) is 1. The fraction of sp³-hybridized carbons (Fsp3) is 0.444. The number of likely N-dealkylation sites (tertiary alicyclic amines) is 1. The Kier molecular flexibility index (Phi) is 8.03. The third-order valence-corrected chi connectivity index (χ3v) is 7.93. The first-order valence-electron chi connectivity index (χ1n) is 11.9. The summed E-state index contributed by atoms with van der Waals surface area (Å²) < 4.78 is 34.8. The van der Waals surface area contributed by atoms with Crippen molar-refractivity contribution in [1.82, 2.24) is 4.90 Å². The maximum Gasteiger partial charge on any atom is 0.331 e. The number of aliphatic imine (C=N–C) groups is 1. The number of carbonyl (C=O) groups is 1. The molecule has 0 N–H and O–H groups in total. The monoisotopic (exact) mass is 531 g/mol. The van der Waals surface area contributed by atoms with E-state index in [0.29, 0.717) is 36.0 Å². The van der Waals surface area contributed by atoms with Crippen molar-refractivity contribution in [3.05, 3.63) is 70.0 Å². The standard InChI is InChI=1S/C27H28ClF2N3O2S/c1-4-35-26(34)22-15-36-25(32-22)24(17-5-7-20(28)8-6-17)33-13-19(14-33)23(27(2,3)30)18-9-16(12-31)10-21(29)11-18/h5-11,19,22-24H,4,13-15H2,1-3H3/t22?,23-,24+/m1/s1. The zero-order chi connectivity index (χ0) is 26.0. The van der Waals surface area contributed by atoms with E-state index in [2.05, 4.69) is 4.90 Å². The molecule has 0 bridgehead atoms. The van der Waals surface area contributed by atoms with E-state index in [4.69, 9.17) is 21.3 Å². The third-order valence-electron chi connectivity index (χ3n) is 6.57. The van der Waals surface area contributed by atoms with Crippen molar-refractivity contribution in [3.8, 4) is 6.07 Å². The lowest BCUT2D eigenvalue weighted by Crippen LogP contribution is -2.54. The molecule has 0 saturated carbocycles. The van der Waals surface area contributed by atoms with Crippen LogP contribution in [0.5, 0.6) is 0 Å². The van der Waals surface area contributed by atoms with Crippen LogP contribution in [-0.2, 0) is 9.53 Å². The molecular formula is C27H28ClF2N3O2S. The minimum atomic E-state index is -1.62. The van der Waals surface area contributed by atoms with Crippen LogP contribution in [-0.4, -0.2) is 53.1 Å². The van der Waals surface area contributed by atoms with Crippen molar-refractivity contribution in [2.45, 2.75) is 44.4 Å². The van der Waals surface area contributed by atoms with Crippen LogP contribution >= 0.6 is 23.4 Å². The molecule has 2 heterocycles. The van der Waals surface area contributed by atoms with Gasteiger partial charge in [-0.3, -0.25) is 9.89 Å². The van der Waals surface area contributed by atoms with Crippen LogP contribution in [0.25, 0.3) is 0 Å². The minimum absolute atomic E-state index is 0.0963. The smallest absolute Gasteiger partial charge is 0.331 e. The molecule has 9 heteroatoms. The molecule has 5 nitrogen and oxygen atoms in total. The normalized spacial score (nSPS) is 20.2. The number of alkyl halides is 1. The van der Waals surface area contributed by atoms with Crippen LogP contribution < -0.4 is 0 Å². The molecule has 2 aromatic carbocycles. The molecule has 0 aromatic heterocycles. The zero-order valence-electron chi connectivity index (χ0n) is 20.4. The largest absolute Gasteiger partial charge is 0.464 e. The number of rotatable bonds is 8. The molecule has 0 radical (unpaired) electrons. The molecule has 190 valence electrons. The number of halogens is 3. The van der Waals surface area contributed by atoms with E-state index in [0.717, 1.165) is 16.7 Å². The molecule has 0 spiro atoms. The molecule has 0 aliphatic carbocycles. The predicted molar refractivity (Wildman–Crippen MR) is 139 cm³/mol. The summed E-state index contributed by atoms with van der Waals surface area (Å²) in [4.78, 5) is 19.1. The van der Waals surface area contributed by atoms with Gasteiger partial charge in [0.1, 0.15) is 11.5 Å². The molecular weight excluding hydrogens is 504 g/mol. The van der Waals surface area contributed by atoms with E-state index in [9.17, 15) is 14.4 Å². The topological polar surface area (TPSA) is 65.7 Å². The third kappa shape index (κ3) is 5.74. The van der Waals surface area contributed by atoms with Crippen LogP contribution in [0.3, 0.4) is 0 Å². The number of thioether (sulfide) groups is 1. The summed E-state index contributed by atoms with van der Waals surface area (Å²) >= 11 is 7.64. The number of carbonyl (C=O) groups excluding carboxylic acids is 1. The highest BCUT2D eigenvalue weighted by molar-refractivity contribution is 8.14. The second-order valence-electron chi connectivity index (χ2n) is 9.64. The summed E-state index contributed by atoms with van der Waals surface area (Å²) in [5.74, 6) is -1.06. The SMILES string of the molecule is CCOC(=O)C1CSC([C@H](c2ccc(Cl)cc2)N2CC([C@@H](c3cc(F)cc(C#N)c3)C(C)(C)F)C2)=N1. The van der Waals surface area contributed by atoms with Gasteiger partial charge in [-0.15, -0.1) is 11.8 Å². The molecule has 36 heavy (non-hydrogen) atoms. The maximum absolute atomic E-state index is 15.5. The Morgan fingerprint density at radius 1 is 1.28 bits per heavy atom. The number of nitriles is 1. The van der Waals surface area contributed by atoms with Crippen molar-refractivity contribution in [2.75, 3.05) is 25.4 Å². The molecule has 0 amide bonds. The molecule has 4 rings (SSSR count). The second-order valence-corrected chi connectivity index (χ2v) is 11.1. The van der Waals surface area contributed by atoms with Crippen molar-refractivity contribution >= 4 is 34.4 Å². The van der Waals surface area contributed by atoms with E-state index < -0.39 is 23.4 Å². The number of hydrogen-bond acceptors (Lipinski definition) is 6. The minimum Gasteiger partial charge on any atom is -0.464 e. The fourth-order valence-electron chi connectivity index (χ4n) is 5.11. The van der Waals surface area contributed by atoms with Gasteiger partial charge in [0, 0.05) is 29.8 Å². The quantitative estimate of drug-likeness (QED) is 0.395. The first-order valence-corrected chi connectivity index (χ1v) is 13.2. The van der Waals surface area contributed by atoms with Gasteiger partial charge in [0.25, 0.3) is 0 Å². The summed E-state index contributed by atoms with van der Waals surface area (Å²) in [6.45, 7) is 6.15. The highest BCUT2D eigenvalue weighted by Gasteiger charge is 2.46. The summed E-state index contributed by atoms with van der Waals surface area (Å²) in [6.07, 6.45) is 0. The predicted octanol–water partition coefficient (Wildman–Crippen LogP) is 5.93. The van der Waals surface area contributed by atoms with Gasteiger partial charge in [-0.2, -0.15) is 5.26 Å². The van der Waals surface area contributed by atoms with Gasteiger partial charge in [0.05, 0.1) is 29.3 Å². The maximum atomic E-state index is 15.5. The lowest BCUT2D eigenvalue weighted by molar-refractivity contribution is -0.143. The Bertz CT molecular complexity index is 1190. The van der Waals surface area contributed by atoms with Crippen molar-refractivity contribution in [3.63, 3.8) is 0 Å². The van der Waals surface area contributed by atoms with Crippen LogP contribution in [0, 0.1) is 23.1 Å². The van der Waals surface area contributed by atoms with Gasteiger partial charge in [-0.25, -0.2) is 13.6 Å². The lowest BCUT2D eigenvalue weighted by Gasteiger charge is -2.49. The number of benzene rings is 2. The van der Waals surface area contributed by atoms with Crippen LogP contribution in [0.4, 0.5) is 8.78 Å².